The lowest BCUT2D eigenvalue weighted by Crippen LogP contribution is -2.26. The van der Waals surface area contributed by atoms with Crippen molar-refractivity contribution in [3.8, 4) is 0 Å². The van der Waals surface area contributed by atoms with Crippen molar-refractivity contribution in [2.24, 2.45) is 4.99 Å². The normalized spacial score (nSPS) is 12.4. The number of nitrogens with one attached hydrogen (secondary N) is 2. The van der Waals surface area contributed by atoms with Gasteiger partial charge in [0.15, 0.2) is 0 Å². The van der Waals surface area contributed by atoms with E-state index in [9.17, 15) is 0 Å². The van der Waals surface area contributed by atoms with Crippen molar-refractivity contribution in [2.75, 3.05) is 17.7 Å². The average molecular weight is 380 g/mol. The van der Waals surface area contributed by atoms with E-state index in [4.69, 9.17) is 5.10 Å². The van der Waals surface area contributed by atoms with E-state index in [2.05, 4.69) is 74.2 Å². The van der Waals surface area contributed by atoms with Crippen LogP contribution in [0.25, 0.3) is 0 Å². The number of nitrogens with zero attached hydrogens (tertiary/aromatic N) is 3. The molecule has 0 unspecified atom stereocenters. The number of hydrogen-bond donors (Lipinski definition) is 2. The minimum absolute atomic E-state index is 0.143. The lowest BCUT2D eigenvalue weighted by Gasteiger charge is -2.22. The number of aliphatic imine (C=N–C) groups is 1. The van der Waals surface area contributed by atoms with Gasteiger partial charge in [-0.05, 0) is 76.8 Å². The Kier molecular flexibility index (Phi) is 7.21. The predicted molar refractivity (Wildman–Crippen MR) is 121 cm³/mol. The Bertz CT molecular complexity index is 866. The molecule has 5 heteroatoms. The van der Waals surface area contributed by atoms with Gasteiger partial charge in [0.2, 0.25) is 0 Å². The molecule has 0 saturated carbocycles. The molecule has 0 saturated heterocycles. The lowest BCUT2D eigenvalue weighted by molar-refractivity contribution is 0.359. The first-order valence-corrected chi connectivity index (χ1v) is 9.73. The first kappa shape index (κ1) is 21.5. The van der Waals surface area contributed by atoms with Crippen molar-refractivity contribution in [1.29, 1.82) is 0 Å². The Balaban J connectivity index is 2.26. The molecule has 0 aliphatic rings. The summed E-state index contributed by atoms with van der Waals surface area (Å²) in [7, 11) is 1.95. The number of amidine groups is 1. The Labute approximate surface area is 169 Å². The first-order chi connectivity index (χ1) is 13.3. The Morgan fingerprint density at radius 1 is 1.25 bits per heavy atom. The van der Waals surface area contributed by atoms with E-state index < -0.39 is 0 Å². The number of aryl methyl sites for hydroxylation is 3. The highest BCUT2D eigenvalue weighted by molar-refractivity contribution is 6.03. The van der Waals surface area contributed by atoms with Crippen LogP contribution in [0.5, 0.6) is 0 Å². The summed E-state index contributed by atoms with van der Waals surface area (Å²) in [4.78, 5) is 4.37. The zero-order chi connectivity index (χ0) is 20.7. The first-order valence-electron chi connectivity index (χ1n) is 9.73. The van der Waals surface area contributed by atoms with Gasteiger partial charge in [0, 0.05) is 25.0 Å². The van der Waals surface area contributed by atoms with E-state index >= 15 is 0 Å². The molecule has 0 bridgehead atoms. The third-order valence-corrected chi connectivity index (χ3v) is 4.50. The molecule has 0 radical (unpaired) electrons. The number of allylic oxidation sites excluding steroid dienone is 1. The fourth-order valence-electron chi connectivity index (χ4n) is 2.93. The summed E-state index contributed by atoms with van der Waals surface area (Å²) >= 11 is 0. The highest BCUT2D eigenvalue weighted by atomic mass is 15.4. The minimum Gasteiger partial charge on any atom is -0.388 e. The third-order valence-electron chi connectivity index (χ3n) is 4.50. The number of benzene rings is 1. The van der Waals surface area contributed by atoms with Gasteiger partial charge in [-0.25, -0.2) is 9.67 Å². The van der Waals surface area contributed by atoms with Gasteiger partial charge in [0.25, 0.3) is 0 Å². The van der Waals surface area contributed by atoms with Gasteiger partial charge in [0.05, 0.1) is 11.2 Å². The van der Waals surface area contributed by atoms with E-state index in [0.717, 1.165) is 30.0 Å². The second-order valence-electron chi connectivity index (χ2n) is 7.82. The standard InChI is InChI=1S/C23H33N5/c1-8-14-25-21(9-2)26-22-16-20(27-28(22)23(4,5)6)13-11-18-15-19(24-7)12-10-17(18)3/h8-10,12,14-16,24H,2,11,13H2,1,3-7H3,(H,25,26)/b14-8-. The van der Waals surface area contributed by atoms with Crippen molar-refractivity contribution in [1.82, 2.24) is 9.78 Å². The van der Waals surface area contributed by atoms with Gasteiger partial charge in [-0.2, -0.15) is 5.10 Å². The van der Waals surface area contributed by atoms with Gasteiger partial charge >= 0.3 is 0 Å². The maximum atomic E-state index is 4.87. The van der Waals surface area contributed by atoms with E-state index in [1.165, 1.54) is 11.1 Å². The van der Waals surface area contributed by atoms with Crippen LogP contribution < -0.4 is 10.6 Å². The van der Waals surface area contributed by atoms with Crippen LogP contribution in [-0.4, -0.2) is 22.7 Å². The summed E-state index contributed by atoms with van der Waals surface area (Å²) in [6, 6.07) is 8.60. The van der Waals surface area contributed by atoms with E-state index in [-0.39, 0.29) is 5.54 Å². The summed E-state index contributed by atoms with van der Waals surface area (Å²) in [5.41, 5.74) is 4.70. The maximum absolute atomic E-state index is 4.87. The topological polar surface area (TPSA) is 54.2 Å². The zero-order valence-electron chi connectivity index (χ0n) is 18.0. The summed E-state index contributed by atoms with van der Waals surface area (Å²) in [6.07, 6.45) is 7.18. The molecule has 0 aliphatic heterocycles. The molecule has 0 spiro atoms. The van der Waals surface area contributed by atoms with E-state index in [1.807, 2.05) is 24.7 Å². The number of rotatable bonds is 7. The summed E-state index contributed by atoms with van der Waals surface area (Å²) in [5, 5.41) is 11.4. The summed E-state index contributed by atoms with van der Waals surface area (Å²) < 4.78 is 2.02. The molecule has 28 heavy (non-hydrogen) atoms. The molecule has 0 amide bonds. The SMILES string of the molecule is C=CC(=N/C=C\C)Nc1cc(CCc2cc(NC)ccc2C)nn1C(C)(C)C. The molecule has 1 aromatic carbocycles. The van der Waals surface area contributed by atoms with Crippen LogP contribution in [0.3, 0.4) is 0 Å². The molecule has 2 aromatic rings. The van der Waals surface area contributed by atoms with Crippen LogP contribution in [0.4, 0.5) is 11.5 Å². The van der Waals surface area contributed by atoms with Crippen molar-refractivity contribution in [3.63, 3.8) is 0 Å². The molecular formula is C23H33N5. The Morgan fingerprint density at radius 2 is 2.00 bits per heavy atom. The quantitative estimate of drug-likeness (QED) is 0.507. The fraction of sp³-hybridized carbons (Fsp3) is 0.391. The Morgan fingerprint density at radius 3 is 2.61 bits per heavy atom. The van der Waals surface area contributed by atoms with E-state index in [0.29, 0.717) is 5.84 Å². The molecule has 0 fully saturated rings. The second kappa shape index (κ2) is 9.40. The predicted octanol–water partition coefficient (Wildman–Crippen LogP) is 5.30. The number of hydrogen-bond acceptors (Lipinski definition) is 3. The molecular weight excluding hydrogens is 346 g/mol. The van der Waals surface area contributed by atoms with Crippen LogP contribution in [0.15, 0.2) is 54.2 Å². The van der Waals surface area contributed by atoms with Gasteiger partial charge in [-0.3, -0.25) is 0 Å². The van der Waals surface area contributed by atoms with Gasteiger partial charge < -0.3 is 10.6 Å². The molecule has 2 N–H and O–H groups in total. The van der Waals surface area contributed by atoms with Crippen molar-refractivity contribution in [2.45, 2.75) is 53.0 Å². The van der Waals surface area contributed by atoms with Gasteiger partial charge in [-0.1, -0.05) is 18.7 Å². The smallest absolute Gasteiger partial charge is 0.130 e. The second-order valence-corrected chi connectivity index (χ2v) is 7.82. The molecule has 2 rings (SSSR count). The Hall–Kier alpha value is -2.82. The van der Waals surface area contributed by atoms with Crippen molar-refractivity contribution >= 4 is 17.3 Å². The molecule has 1 heterocycles. The zero-order valence-corrected chi connectivity index (χ0v) is 18.0. The summed E-state index contributed by atoms with van der Waals surface area (Å²) in [5.74, 6) is 1.62. The lowest BCUT2D eigenvalue weighted by atomic mass is 10.0. The fourth-order valence-corrected chi connectivity index (χ4v) is 2.93. The molecule has 1 aromatic heterocycles. The van der Waals surface area contributed by atoms with Crippen LogP contribution in [0, 0.1) is 6.92 Å². The van der Waals surface area contributed by atoms with E-state index in [1.54, 1.807) is 12.3 Å². The van der Waals surface area contributed by atoms with Gasteiger partial charge in [0.1, 0.15) is 11.7 Å². The van der Waals surface area contributed by atoms with Crippen LogP contribution in [0.1, 0.15) is 44.5 Å². The monoisotopic (exact) mass is 379 g/mol. The van der Waals surface area contributed by atoms with Crippen LogP contribution in [-0.2, 0) is 18.4 Å². The summed E-state index contributed by atoms with van der Waals surface area (Å²) in [6.45, 7) is 14.4. The van der Waals surface area contributed by atoms with Gasteiger partial charge in [-0.15, -0.1) is 0 Å². The van der Waals surface area contributed by atoms with Crippen LogP contribution in [0.2, 0.25) is 0 Å². The number of anilines is 2. The van der Waals surface area contributed by atoms with Crippen molar-refractivity contribution in [3.05, 3.63) is 66.0 Å². The van der Waals surface area contributed by atoms with Crippen molar-refractivity contribution < 1.29 is 0 Å². The largest absolute Gasteiger partial charge is 0.388 e. The van der Waals surface area contributed by atoms with Crippen LogP contribution >= 0.6 is 0 Å². The molecule has 150 valence electrons. The molecule has 5 nitrogen and oxygen atoms in total. The third kappa shape index (κ3) is 5.59. The minimum atomic E-state index is -0.143. The average Bonchev–Trinajstić information content (AvgIpc) is 3.07. The highest BCUT2D eigenvalue weighted by Gasteiger charge is 2.20. The highest BCUT2D eigenvalue weighted by Crippen LogP contribution is 2.23. The maximum Gasteiger partial charge on any atom is 0.130 e. The molecule has 0 atom stereocenters. The number of aromatic nitrogens is 2. The molecule has 0 aliphatic carbocycles.